The molecule has 17 heavy (non-hydrogen) atoms. The molecule has 0 aromatic heterocycles. The van der Waals surface area contributed by atoms with E-state index < -0.39 is 0 Å². The number of nitrogens with two attached hydrogens (primary N) is 1. The Bertz CT molecular complexity index is 364. The van der Waals surface area contributed by atoms with E-state index in [0.717, 1.165) is 16.5 Å². The van der Waals surface area contributed by atoms with Gasteiger partial charge < -0.3 is 11.1 Å². The highest BCUT2D eigenvalue weighted by molar-refractivity contribution is 9.10. The lowest BCUT2D eigenvalue weighted by atomic mass is 10.1. The molecular formula is C13H19BrN2O. The van der Waals surface area contributed by atoms with Crippen LogP contribution in [0.25, 0.3) is 0 Å². The van der Waals surface area contributed by atoms with Gasteiger partial charge in [0.25, 0.3) is 0 Å². The molecule has 1 aromatic rings. The van der Waals surface area contributed by atoms with Crippen molar-refractivity contribution < 1.29 is 4.79 Å². The first-order valence-electron chi connectivity index (χ1n) is 5.83. The molecule has 0 aliphatic carbocycles. The molecular weight excluding hydrogens is 280 g/mol. The van der Waals surface area contributed by atoms with Gasteiger partial charge in [0.15, 0.2) is 0 Å². The van der Waals surface area contributed by atoms with Crippen LogP contribution in [0.4, 0.5) is 0 Å². The van der Waals surface area contributed by atoms with E-state index in [2.05, 4.69) is 21.2 Å². The maximum absolute atomic E-state index is 11.7. The molecule has 1 aromatic carbocycles. The van der Waals surface area contributed by atoms with Gasteiger partial charge in [0.05, 0.1) is 6.04 Å². The second kappa shape index (κ2) is 6.77. The number of carbonyl (C=O) groups is 1. The number of hydrogen-bond acceptors (Lipinski definition) is 2. The van der Waals surface area contributed by atoms with E-state index in [1.807, 2.05) is 38.1 Å². The molecule has 3 N–H and O–H groups in total. The zero-order valence-electron chi connectivity index (χ0n) is 10.2. The summed E-state index contributed by atoms with van der Waals surface area (Å²) in [5.41, 5.74) is 6.83. The predicted molar refractivity (Wildman–Crippen MR) is 73.6 cm³/mol. The zero-order chi connectivity index (χ0) is 12.8. The molecule has 2 unspecified atom stereocenters. The molecule has 0 aliphatic rings. The van der Waals surface area contributed by atoms with E-state index in [0.29, 0.717) is 6.42 Å². The van der Waals surface area contributed by atoms with Crippen molar-refractivity contribution in [2.75, 3.05) is 0 Å². The van der Waals surface area contributed by atoms with E-state index in [9.17, 15) is 4.79 Å². The van der Waals surface area contributed by atoms with E-state index in [4.69, 9.17) is 5.73 Å². The number of benzene rings is 1. The molecule has 0 spiro atoms. The second-order valence-electron chi connectivity index (χ2n) is 4.21. The summed E-state index contributed by atoms with van der Waals surface area (Å²) in [4.78, 5) is 11.7. The standard InChI is InChI=1S/C13H19BrN2O/c1-3-12(15)8-13(17)16-9(2)10-4-6-11(14)7-5-10/h4-7,9,12H,3,8,15H2,1-2H3,(H,16,17). The number of rotatable bonds is 5. The van der Waals surface area contributed by atoms with Gasteiger partial charge in [-0.3, -0.25) is 4.79 Å². The Morgan fingerprint density at radius 2 is 2.00 bits per heavy atom. The number of nitrogens with one attached hydrogen (secondary N) is 1. The van der Waals surface area contributed by atoms with Crippen LogP contribution in [0.2, 0.25) is 0 Å². The predicted octanol–water partition coefficient (Wildman–Crippen LogP) is 2.75. The lowest BCUT2D eigenvalue weighted by Gasteiger charge is -2.16. The fourth-order valence-corrected chi connectivity index (χ4v) is 1.78. The van der Waals surface area contributed by atoms with Gasteiger partial charge in [-0.15, -0.1) is 0 Å². The highest BCUT2D eigenvalue weighted by Gasteiger charge is 2.11. The van der Waals surface area contributed by atoms with Crippen LogP contribution in [-0.2, 0) is 4.79 Å². The van der Waals surface area contributed by atoms with Crippen LogP contribution in [0.1, 0.15) is 38.3 Å². The summed E-state index contributed by atoms with van der Waals surface area (Å²) in [6.45, 7) is 3.95. The fraction of sp³-hybridized carbons (Fsp3) is 0.462. The summed E-state index contributed by atoms with van der Waals surface area (Å²) < 4.78 is 1.03. The average molecular weight is 299 g/mol. The average Bonchev–Trinajstić information content (AvgIpc) is 2.29. The Balaban J connectivity index is 2.51. The number of hydrogen-bond donors (Lipinski definition) is 2. The number of carbonyl (C=O) groups excluding carboxylic acids is 1. The molecule has 3 nitrogen and oxygen atoms in total. The third kappa shape index (κ3) is 4.88. The minimum absolute atomic E-state index is 0.00905. The van der Waals surface area contributed by atoms with Crippen LogP contribution in [0.15, 0.2) is 28.7 Å². The fourth-order valence-electron chi connectivity index (χ4n) is 1.52. The van der Waals surface area contributed by atoms with Gasteiger partial charge in [0.1, 0.15) is 0 Å². The highest BCUT2D eigenvalue weighted by Crippen LogP contribution is 2.16. The van der Waals surface area contributed by atoms with E-state index in [-0.39, 0.29) is 18.0 Å². The van der Waals surface area contributed by atoms with Crippen molar-refractivity contribution in [1.82, 2.24) is 5.32 Å². The van der Waals surface area contributed by atoms with Crippen molar-refractivity contribution in [2.45, 2.75) is 38.8 Å². The summed E-state index contributed by atoms with van der Waals surface area (Å²) in [6.07, 6.45) is 1.21. The molecule has 0 radical (unpaired) electrons. The topological polar surface area (TPSA) is 55.1 Å². The quantitative estimate of drug-likeness (QED) is 0.878. The second-order valence-corrected chi connectivity index (χ2v) is 5.13. The van der Waals surface area contributed by atoms with E-state index >= 15 is 0 Å². The van der Waals surface area contributed by atoms with Gasteiger partial charge in [0.2, 0.25) is 5.91 Å². The Morgan fingerprint density at radius 1 is 1.41 bits per heavy atom. The normalized spacial score (nSPS) is 14.1. The summed E-state index contributed by atoms with van der Waals surface area (Å²) in [5.74, 6) is 0.00905. The first-order chi connectivity index (χ1) is 8.02. The summed E-state index contributed by atoms with van der Waals surface area (Å²) in [5, 5.41) is 2.95. The highest BCUT2D eigenvalue weighted by atomic mass is 79.9. The largest absolute Gasteiger partial charge is 0.350 e. The van der Waals surface area contributed by atoms with Crippen molar-refractivity contribution in [3.05, 3.63) is 34.3 Å². The molecule has 1 rings (SSSR count). The molecule has 0 heterocycles. The lowest BCUT2D eigenvalue weighted by molar-refractivity contribution is -0.122. The molecule has 94 valence electrons. The summed E-state index contributed by atoms with van der Waals surface area (Å²) >= 11 is 3.38. The minimum Gasteiger partial charge on any atom is -0.350 e. The van der Waals surface area contributed by atoms with Crippen molar-refractivity contribution >= 4 is 21.8 Å². The first-order valence-corrected chi connectivity index (χ1v) is 6.62. The Kier molecular flexibility index (Phi) is 5.65. The van der Waals surface area contributed by atoms with Gasteiger partial charge in [-0.25, -0.2) is 0 Å². The number of halogens is 1. The van der Waals surface area contributed by atoms with Gasteiger partial charge in [-0.1, -0.05) is 35.0 Å². The SMILES string of the molecule is CCC(N)CC(=O)NC(C)c1ccc(Br)cc1. The summed E-state index contributed by atoms with van der Waals surface area (Å²) in [7, 11) is 0. The van der Waals surface area contributed by atoms with Gasteiger partial charge in [-0.2, -0.15) is 0 Å². The maximum Gasteiger partial charge on any atom is 0.222 e. The van der Waals surface area contributed by atoms with Crippen molar-refractivity contribution in [3.8, 4) is 0 Å². The molecule has 4 heteroatoms. The monoisotopic (exact) mass is 298 g/mol. The Morgan fingerprint density at radius 3 is 2.53 bits per heavy atom. The molecule has 0 fully saturated rings. The van der Waals surface area contributed by atoms with E-state index in [1.165, 1.54) is 0 Å². The maximum atomic E-state index is 11.7. The minimum atomic E-state index is -0.0490. The van der Waals surface area contributed by atoms with Crippen LogP contribution < -0.4 is 11.1 Å². The third-order valence-electron chi connectivity index (χ3n) is 2.72. The zero-order valence-corrected chi connectivity index (χ0v) is 11.8. The van der Waals surface area contributed by atoms with Crippen molar-refractivity contribution in [1.29, 1.82) is 0 Å². The van der Waals surface area contributed by atoms with Crippen LogP contribution in [0.3, 0.4) is 0 Å². The van der Waals surface area contributed by atoms with Crippen LogP contribution in [-0.4, -0.2) is 11.9 Å². The van der Waals surface area contributed by atoms with Gasteiger partial charge >= 0.3 is 0 Å². The molecule has 2 atom stereocenters. The Hall–Kier alpha value is -0.870. The smallest absolute Gasteiger partial charge is 0.222 e. The number of amides is 1. The van der Waals surface area contributed by atoms with E-state index in [1.54, 1.807) is 0 Å². The molecule has 0 saturated heterocycles. The molecule has 0 bridgehead atoms. The molecule has 0 saturated carbocycles. The van der Waals surface area contributed by atoms with Crippen LogP contribution in [0.5, 0.6) is 0 Å². The van der Waals surface area contributed by atoms with Crippen molar-refractivity contribution in [3.63, 3.8) is 0 Å². The molecule has 0 aliphatic heterocycles. The summed E-state index contributed by atoms with van der Waals surface area (Å²) in [6, 6.07) is 7.89. The first kappa shape index (κ1) is 14.2. The molecule has 1 amide bonds. The lowest BCUT2D eigenvalue weighted by Crippen LogP contribution is -2.32. The van der Waals surface area contributed by atoms with Gasteiger partial charge in [0, 0.05) is 16.9 Å². The van der Waals surface area contributed by atoms with Crippen molar-refractivity contribution in [2.24, 2.45) is 5.73 Å². The van der Waals surface area contributed by atoms with Crippen LogP contribution >= 0.6 is 15.9 Å². The van der Waals surface area contributed by atoms with Crippen LogP contribution in [0, 0.1) is 0 Å². The third-order valence-corrected chi connectivity index (χ3v) is 3.25. The Labute approximate surface area is 111 Å². The van der Waals surface area contributed by atoms with Gasteiger partial charge in [-0.05, 0) is 31.0 Å².